The lowest BCUT2D eigenvalue weighted by Crippen LogP contribution is -2.49. The highest BCUT2D eigenvalue weighted by Gasteiger charge is 2.26. The average Bonchev–Trinajstić information content (AvgIpc) is 2.37. The molecule has 1 heterocycles. The quantitative estimate of drug-likeness (QED) is 0.852. The zero-order valence-electron chi connectivity index (χ0n) is 10.7. The normalized spacial score (nSPS) is 17.8. The number of aromatic hydroxyl groups is 1. The van der Waals surface area contributed by atoms with E-state index in [0.29, 0.717) is 6.54 Å². The molecule has 1 saturated heterocycles. The molecule has 98 valence electrons. The van der Waals surface area contributed by atoms with Crippen molar-refractivity contribution in [2.45, 2.75) is 25.8 Å². The third-order valence-corrected chi connectivity index (χ3v) is 3.32. The van der Waals surface area contributed by atoms with Gasteiger partial charge in [-0.05, 0) is 24.1 Å². The highest BCUT2D eigenvalue weighted by molar-refractivity contribution is 5.79. The molecule has 4 heteroatoms. The van der Waals surface area contributed by atoms with Gasteiger partial charge in [-0.25, -0.2) is 0 Å². The van der Waals surface area contributed by atoms with E-state index in [1.165, 1.54) is 0 Å². The van der Waals surface area contributed by atoms with Crippen LogP contribution in [0.25, 0.3) is 0 Å². The van der Waals surface area contributed by atoms with E-state index in [2.05, 4.69) is 12.2 Å². The molecule has 0 saturated carbocycles. The molecule has 1 aromatic carbocycles. The molecule has 2 rings (SSSR count). The van der Waals surface area contributed by atoms with Gasteiger partial charge in [0.2, 0.25) is 5.91 Å². The lowest BCUT2D eigenvalue weighted by Gasteiger charge is -2.35. The van der Waals surface area contributed by atoms with Gasteiger partial charge >= 0.3 is 0 Å². The maximum absolute atomic E-state index is 12.0. The molecule has 1 amide bonds. The van der Waals surface area contributed by atoms with Gasteiger partial charge in [0.25, 0.3) is 0 Å². The lowest BCUT2D eigenvalue weighted by atomic mass is 9.99. The van der Waals surface area contributed by atoms with Gasteiger partial charge in [-0.3, -0.25) is 4.79 Å². The number of benzene rings is 1. The number of piperazine rings is 1. The van der Waals surface area contributed by atoms with E-state index in [9.17, 15) is 9.90 Å². The third-order valence-electron chi connectivity index (χ3n) is 3.32. The molecule has 1 aromatic rings. The van der Waals surface area contributed by atoms with Crippen molar-refractivity contribution in [3.8, 4) is 5.75 Å². The lowest BCUT2D eigenvalue weighted by molar-refractivity contribution is -0.134. The first-order valence-electron chi connectivity index (χ1n) is 6.51. The number of amides is 1. The third kappa shape index (κ3) is 2.82. The summed E-state index contributed by atoms with van der Waals surface area (Å²) in [6.07, 6.45) is 1.94. The number of phenols is 1. The molecular formula is C14H20N2O2. The van der Waals surface area contributed by atoms with Crippen molar-refractivity contribution in [1.29, 1.82) is 0 Å². The van der Waals surface area contributed by atoms with E-state index in [1.807, 2.05) is 17.0 Å². The van der Waals surface area contributed by atoms with E-state index in [4.69, 9.17) is 0 Å². The number of phenolic OH excluding ortho intramolecular Hbond substituents is 1. The second-order valence-electron chi connectivity index (χ2n) is 4.66. The van der Waals surface area contributed by atoms with Crippen LogP contribution in [0.1, 0.15) is 31.4 Å². The molecule has 0 bridgehead atoms. The van der Waals surface area contributed by atoms with E-state index in [1.54, 1.807) is 12.1 Å². The summed E-state index contributed by atoms with van der Waals surface area (Å²) in [6.45, 7) is 4.10. The summed E-state index contributed by atoms with van der Waals surface area (Å²) in [6, 6.07) is 7.31. The minimum atomic E-state index is 0.0803. The molecule has 18 heavy (non-hydrogen) atoms. The molecule has 1 atom stereocenters. The van der Waals surface area contributed by atoms with Crippen LogP contribution in [0.4, 0.5) is 0 Å². The minimum absolute atomic E-state index is 0.0803. The Bertz CT molecular complexity index is 420. The van der Waals surface area contributed by atoms with Gasteiger partial charge in [-0.2, -0.15) is 0 Å². The van der Waals surface area contributed by atoms with E-state index < -0.39 is 0 Å². The van der Waals surface area contributed by atoms with Gasteiger partial charge in [0.1, 0.15) is 5.75 Å². The maximum Gasteiger partial charge on any atom is 0.237 e. The number of hydrogen-bond acceptors (Lipinski definition) is 3. The molecular weight excluding hydrogens is 228 g/mol. The van der Waals surface area contributed by atoms with E-state index in [0.717, 1.165) is 31.5 Å². The Morgan fingerprint density at radius 2 is 2.33 bits per heavy atom. The van der Waals surface area contributed by atoms with Crippen LogP contribution in [0, 0.1) is 0 Å². The molecule has 1 aliphatic rings. The first-order chi connectivity index (χ1) is 8.72. The highest BCUT2D eigenvalue weighted by atomic mass is 16.3. The minimum Gasteiger partial charge on any atom is -0.508 e. The summed E-state index contributed by atoms with van der Waals surface area (Å²) in [5.74, 6) is 0.402. The zero-order chi connectivity index (χ0) is 13.0. The number of carbonyl (C=O) groups is 1. The molecule has 0 aliphatic carbocycles. The summed E-state index contributed by atoms with van der Waals surface area (Å²) in [5.41, 5.74) is 1.02. The fourth-order valence-electron chi connectivity index (χ4n) is 2.46. The molecule has 1 unspecified atom stereocenters. The van der Waals surface area contributed by atoms with Crippen molar-refractivity contribution >= 4 is 5.91 Å². The van der Waals surface area contributed by atoms with Gasteiger partial charge in [0, 0.05) is 13.1 Å². The van der Waals surface area contributed by atoms with Crippen molar-refractivity contribution in [1.82, 2.24) is 10.2 Å². The molecule has 4 nitrogen and oxygen atoms in total. The number of rotatable bonds is 4. The monoisotopic (exact) mass is 248 g/mol. The second kappa shape index (κ2) is 5.87. The molecule has 2 N–H and O–H groups in total. The molecule has 0 radical (unpaired) electrons. The molecule has 0 aromatic heterocycles. The van der Waals surface area contributed by atoms with Crippen LogP contribution < -0.4 is 5.32 Å². The first-order valence-corrected chi connectivity index (χ1v) is 6.51. The van der Waals surface area contributed by atoms with Crippen LogP contribution in [0.3, 0.4) is 0 Å². The predicted molar refractivity (Wildman–Crippen MR) is 70.3 cm³/mol. The van der Waals surface area contributed by atoms with Gasteiger partial charge in [0.05, 0.1) is 12.6 Å². The average molecular weight is 248 g/mol. The van der Waals surface area contributed by atoms with Gasteiger partial charge in [-0.15, -0.1) is 0 Å². The molecule has 1 aliphatic heterocycles. The van der Waals surface area contributed by atoms with Gasteiger partial charge in [-0.1, -0.05) is 25.5 Å². The van der Waals surface area contributed by atoms with Crippen molar-refractivity contribution in [3.05, 3.63) is 29.8 Å². The Hall–Kier alpha value is -1.55. The van der Waals surface area contributed by atoms with Crippen molar-refractivity contribution in [2.75, 3.05) is 19.6 Å². The SMILES string of the molecule is CCCC(c1cccc(O)c1)N1CCNCC1=O. The van der Waals surface area contributed by atoms with Crippen molar-refractivity contribution < 1.29 is 9.90 Å². The number of hydrogen-bond donors (Lipinski definition) is 2. The standard InChI is InChI=1S/C14H20N2O2/c1-2-4-13(11-5-3-6-12(17)9-11)16-8-7-15-10-14(16)18/h3,5-6,9,13,15,17H,2,4,7-8,10H2,1H3. The van der Waals surface area contributed by atoms with Crippen molar-refractivity contribution in [3.63, 3.8) is 0 Å². The van der Waals surface area contributed by atoms with Gasteiger partial charge in [0.15, 0.2) is 0 Å². The molecule has 0 spiro atoms. The Morgan fingerprint density at radius 1 is 1.50 bits per heavy atom. The zero-order valence-corrected chi connectivity index (χ0v) is 10.7. The molecule has 1 fully saturated rings. The summed E-state index contributed by atoms with van der Waals surface area (Å²) >= 11 is 0. The Labute approximate surface area is 108 Å². The maximum atomic E-state index is 12.0. The Kier molecular flexibility index (Phi) is 4.20. The highest BCUT2D eigenvalue weighted by Crippen LogP contribution is 2.28. The van der Waals surface area contributed by atoms with Crippen LogP contribution in [-0.4, -0.2) is 35.5 Å². The van der Waals surface area contributed by atoms with Gasteiger partial charge < -0.3 is 15.3 Å². The van der Waals surface area contributed by atoms with Crippen molar-refractivity contribution in [2.24, 2.45) is 0 Å². The largest absolute Gasteiger partial charge is 0.508 e. The Morgan fingerprint density at radius 3 is 3.00 bits per heavy atom. The second-order valence-corrected chi connectivity index (χ2v) is 4.66. The smallest absolute Gasteiger partial charge is 0.237 e. The van der Waals surface area contributed by atoms with Crippen LogP contribution >= 0.6 is 0 Å². The summed E-state index contributed by atoms with van der Waals surface area (Å²) in [4.78, 5) is 13.9. The summed E-state index contributed by atoms with van der Waals surface area (Å²) in [5, 5.41) is 12.7. The predicted octanol–water partition coefficient (Wildman–Crippen LogP) is 1.67. The first kappa shape index (κ1) is 12.9. The van der Waals surface area contributed by atoms with E-state index in [-0.39, 0.29) is 17.7 Å². The fourth-order valence-corrected chi connectivity index (χ4v) is 2.46. The fraction of sp³-hybridized carbons (Fsp3) is 0.500. The summed E-state index contributed by atoms with van der Waals surface area (Å²) < 4.78 is 0. The summed E-state index contributed by atoms with van der Waals surface area (Å²) in [7, 11) is 0. The van der Waals surface area contributed by atoms with Crippen LogP contribution in [-0.2, 0) is 4.79 Å². The van der Waals surface area contributed by atoms with Crippen LogP contribution in [0.15, 0.2) is 24.3 Å². The number of carbonyl (C=O) groups excluding carboxylic acids is 1. The van der Waals surface area contributed by atoms with E-state index >= 15 is 0 Å². The number of nitrogens with zero attached hydrogens (tertiary/aromatic N) is 1. The van der Waals surface area contributed by atoms with Crippen LogP contribution in [0.2, 0.25) is 0 Å². The number of nitrogens with one attached hydrogen (secondary N) is 1. The topological polar surface area (TPSA) is 52.6 Å². The van der Waals surface area contributed by atoms with Crippen LogP contribution in [0.5, 0.6) is 5.75 Å². The Balaban J connectivity index is 2.24.